The molecule has 0 amide bonds. The van der Waals surface area contributed by atoms with Crippen molar-refractivity contribution in [1.82, 2.24) is 4.90 Å². The molecule has 5 heteroatoms. The zero-order valence-electron chi connectivity index (χ0n) is 12.7. The second kappa shape index (κ2) is 7.29. The van der Waals surface area contributed by atoms with E-state index in [1.165, 1.54) is 0 Å². The summed E-state index contributed by atoms with van der Waals surface area (Å²) in [5.74, 6) is -6.66. The van der Waals surface area contributed by atoms with Gasteiger partial charge in [0, 0.05) is 29.9 Å². The molecule has 0 bridgehead atoms. The van der Waals surface area contributed by atoms with E-state index in [1.807, 2.05) is 6.92 Å². The highest BCUT2D eigenvalue weighted by atomic mass is 19.2. The van der Waals surface area contributed by atoms with Crippen molar-refractivity contribution in [3.63, 3.8) is 0 Å². The molecule has 1 nitrogen and oxygen atoms in total. The summed E-state index contributed by atoms with van der Waals surface area (Å²) in [4.78, 5) is 1.59. The Morgan fingerprint density at radius 1 is 1.09 bits per heavy atom. The second-order valence-corrected chi connectivity index (χ2v) is 5.02. The van der Waals surface area contributed by atoms with E-state index in [9.17, 15) is 17.6 Å². The van der Waals surface area contributed by atoms with Gasteiger partial charge in [-0.3, -0.25) is 0 Å². The SMILES string of the molecule is C=CCCC(C)N(C)C(=C)c1c(F)c(F)c(F)c(F)c1C=C. The lowest BCUT2D eigenvalue weighted by atomic mass is 10.0. The summed E-state index contributed by atoms with van der Waals surface area (Å²) in [5.41, 5.74) is -0.801. The first-order valence-electron chi connectivity index (χ1n) is 6.79. The van der Waals surface area contributed by atoms with Crippen LogP contribution in [0.15, 0.2) is 25.8 Å². The van der Waals surface area contributed by atoms with Crippen molar-refractivity contribution in [2.24, 2.45) is 0 Å². The molecule has 1 rings (SSSR count). The first-order valence-corrected chi connectivity index (χ1v) is 6.79. The topological polar surface area (TPSA) is 3.24 Å². The highest BCUT2D eigenvalue weighted by molar-refractivity contribution is 5.72. The monoisotopic (exact) mass is 313 g/mol. The van der Waals surface area contributed by atoms with Crippen LogP contribution in [-0.2, 0) is 0 Å². The summed E-state index contributed by atoms with van der Waals surface area (Å²) in [6.07, 6.45) is 4.11. The minimum atomic E-state index is -1.86. The quantitative estimate of drug-likeness (QED) is 0.291. The second-order valence-electron chi connectivity index (χ2n) is 5.02. The molecule has 0 aromatic heterocycles. The third-order valence-electron chi connectivity index (χ3n) is 3.67. The molecule has 0 N–H and O–H groups in total. The molecular formula is C17H19F4N. The van der Waals surface area contributed by atoms with Crippen LogP contribution in [0.5, 0.6) is 0 Å². The molecule has 0 fully saturated rings. The van der Waals surface area contributed by atoms with Crippen LogP contribution in [0.4, 0.5) is 17.6 Å². The molecule has 0 saturated carbocycles. The summed E-state index contributed by atoms with van der Waals surface area (Å²) < 4.78 is 54.7. The van der Waals surface area contributed by atoms with E-state index in [0.717, 1.165) is 12.5 Å². The Hall–Kier alpha value is -2.04. The first-order chi connectivity index (χ1) is 10.3. The average Bonchev–Trinajstić information content (AvgIpc) is 2.52. The maximum absolute atomic E-state index is 14.1. The highest BCUT2D eigenvalue weighted by Gasteiger charge is 2.27. The van der Waals surface area contributed by atoms with E-state index in [1.54, 1.807) is 18.0 Å². The fourth-order valence-corrected chi connectivity index (χ4v) is 2.12. The van der Waals surface area contributed by atoms with Gasteiger partial charge in [-0.05, 0) is 19.8 Å². The number of hydrogen-bond donors (Lipinski definition) is 0. The maximum Gasteiger partial charge on any atom is 0.198 e. The van der Waals surface area contributed by atoms with E-state index in [2.05, 4.69) is 19.7 Å². The number of rotatable bonds is 7. The van der Waals surface area contributed by atoms with Gasteiger partial charge in [-0.1, -0.05) is 25.3 Å². The van der Waals surface area contributed by atoms with E-state index < -0.39 is 34.4 Å². The Kier molecular flexibility index (Phi) is 5.97. The van der Waals surface area contributed by atoms with Gasteiger partial charge in [-0.25, -0.2) is 17.6 Å². The smallest absolute Gasteiger partial charge is 0.198 e. The molecule has 0 spiro atoms. The molecule has 0 aliphatic carbocycles. The lowest BCUT2D eigenvalue weighted by Crippen LogP contribution is -2.28. The average molecular weight is 313 g/mol. The predicted octanol–water partition coefficient (Wildman–Crippen LogP) is 5.14. The minimum absolute atomic E-state index is 0.0572. The molecule has 120 valence electrons. The van der Waals surface area contributed by atoms with E-state index >= 15 is 0 Å². The van der Waals surface area contributed by atoms with Gasteiger partial charge in [0.05, 0.1) is 0 Å². The molecule has 0 aliphatic heterocycles. The third kappa shape index (κ3) is 3.24. The molecule has 0 heterocycles. The largest absolute Gasteiger partial charge is 0.372 e. The lowest BCUT2D eigenvalue weighted by molar-refractivity contribution is 0.349. The van der Waals surface area contributed by atoms with Crippen molar-refractivity contribution in [2.75, 3.05) is 7.05 Å². The Bertz CT molecular complexity index is 607. The number of nitrogens with zero attached hydrogens (tertiary/aromatic N) is 1. The van der Waals surface area contributed by atoms with Gasteiger partial charge >= 0.3 is 0 Å². The minimum Gasteiger partial charge on any atom is -0.372 e. The number of benzene rings is 1. The highest BCUT2D eigenvalue weighted by Crippen LogP contribution is 2.32. The number of hydrogen-bond acceptors (Lipinski definition) is 1. The van der Waals surface area contributed by atoms with Crippen LogP contribution in [0.3, 0.4) is 0 Å². The molecule has 1 unspecified atom stereocenters. The summed E-state index contributed by atoms with van der Waals surface area (Å²) in [7, 11) is 1.63. The van der Waals surface area contributed by atoms with Crippen molar-refractivity contribution in [2.45, 2.75) is 25.8 Å². The molecule has 1 aromatic carbocycles. The summed E-state index contributed by atoms with van der Waals surface area (Å²) in [6, 6.07) is -0.0706. The Morgan fingerprint density at radius 2 is 1.64 bits per heavy atom. The first kappa shape index (κ1) is 18.0. The Morgan fingerprint density at radius 3 is 2.14 bits per heavy atom. The van der Waals surface area contributed by atoms with E-state index in [4.69, 9.17) is 0 Å². The van der Waals surface area contributed by atoms with Gasteiger partial charge in [-0.2, -0.15) is 0 Å². The van der Waals surface area contributed by atoms with Crippen LogP contribution in [0.2, 0.25) is 0 Å². The van der Waals surface area contributed by atoms with Gasteiger partial charge in [-0.15, -0.1) is 6.58 Å². The van der Waals surface area contributed by atoms with Crippen LogP contribution in [-0.4, -0.2) is 18.0 Å². The van der Waals surface area contributed by atoms with Gasteiger partial charge in [0.25, 0.3) is 0 Å². The Balaban J connectivity index is 3.34. The predicted molar refractivity (Wildman–Crippen MR) is 82.1 cm³/mol. The fraction of sp³-hybridized carbons (Fsp3) is 0.294. The van der Waals surface area contributed by atoms with E-state index in [0.29, 0.717) is 6.42 Å². The molecule has 0 radical (unpaired) electrons. The van der Waals surface area contributed by atoms with Crippen molar-refractivity contribution in [1.29, 1.82) is 0 Å². The Labute approximate surface area is 128 Å². The van der Waals surface area contributed by atoms with Gasteiger partial charge in [0.2, 0.25) is 0 Å². The van der Waals surface area contributed by atoms with Gasteiger partial charge in [0.15, 0.2) is 23.3 Å². The van der Waals surface area contributed by atoms with Crippen LogP contribution >= 0.6 is 0 Å². The van der Waals surface area contributed by atoms with Crippen molar-refractivity contribution < 1.29 is 17.6 Å². The number of halogens is 4. The van der Waals surface area contributed by atoms with E-state index in [-0.39, 0.29) is 11.7 Å². The maximum atomic E-state index is 14.1. The summed E-state index contributed by atoms with van der Waals surface area (Å²) in [6.45, 7) is 12.5. The van der Waals surface area contributed by atoms with Crippen molar-refractivity contribution in [3.05, 3.63) is 60.2 Å². The fourth-order valence-electron chi connectivity index (χ4n) is 2.12. The number of allylic oxidation sites excluding steroid dienone is 1. The summed E-state index contributed by atoms with van der Waals surface area (Å²) in [5, 5.41) is 0. The summed E-state index contributed by atoms with van der Waals surface area (Å²) >= 11 is 0. The molecule has 1 aromatic rings. The normalized spacial score (nSPS) is 11.9. The van der Waals surface area contributed by atoms with Crippen LogP contribution < -0.4 is 0 Å². The zero-order chi connectivity index (χ0) is 17.0. The zero-order valence-corrected chi connectivity index (χ0v) is 12.7. The van der Waals surface area contributed by atoms with Crippen LogP contribution in [0.1, 0.15) is 30.9 Å². The van der Waals surface area contributed by atoms with Crippen molar-refractivity contribution >= 4 is 11.8 Å². The lowest BCUT2D eigenvalue weighted by Gasteiger charge is -2.30. The van der Waals surface area contributed by atoms with Gasteiger partial charge < -0.3 is 4.90 Å². The molecular weight excluding hydrogens is 294 g/mol. The molecule has 0 aliphatic rings. The van der Waals surface area contributed by atoms with Crippen LogP contribution in [0, 0.1) is 23.3 Å². The van der Waals surface area contributed by atoms with Gasteiger partial charge in [0.1, 0.15) is 0 Å². The molecule has 22 heavy (non-hydrogen) atoms. The third-order valence-corrected chi connectivity index (χ3v) is 3.67. The van der Waals surface area contributed by atoms with Crippen molar-refractivity contribution in [3.8, 4) is 0 Å². The standard InChI is InChI=1S/C17H19F4N/c1-6-8-9-10(3)22(5)11(4)13-12(7-2)14(18)16(20)17(21)15(13)19/h6-7,10H,1-2,4,8-9H2,3,5H3. The molecule has 1 atom stereocenters. The molecule has 0 saturated heterocycles. The van der Waals surface area contributed by atoms with Crippen LogP contribution in [0.25, 0.3) is 11.8 Å².